The number of aliphatic hydroxyl groups is 3. The molecule has 0 spiro atoms. The van der Waals surface area contributed by atoms with Gasteiger partial charge < -0.3 is 26.2 Å². The van der Waals surface area contributed by atoms with E-state index in [-0.39, 0.29) is 29.7 Å². The second-order valence-electron chi connectivity index (χ2n) is 13.3. The van der Waals surface area contributed by atoms with Crippen LogP contribution in [-0.4, -0.2) is 73.5 Å². The molecule has 1 aromatic heterocycles. The van der Waals surface area contributed by atoms with Gasteiger partial charge in [0.2, 0.25) is 5.78 Å². The van der Waals surface area contributed by atoms with Crippen LogP contribution in [-0.2, 0) is 21.4 Å². The van der Waals surface area contributed by atoms with Gasteiger partial charge in [0.15, 0.2) is 11.4 Å². The molecule has 0 radical (unpaired) electrons. The zero-order chi connectivity index (χ0) is 32.0. The Bertz CT molecular complexity index is 1870. The second-order valence-corrected chi connectivity index (χ2v) is 13.3. The van der Waals surface area contributed by atoms with Crippen molar-refractivity contribution in [3.05, 3.63) is 81.9 Å². The van der Waals surface area contributed by atoms with Gasteiger partial charge in [0, 0.05) is 34.2 Å². The van der Waals surface area contributed by atoms with Gasteiger partial charge in [0.25, 0.3) is 5.91 Å². The molecule has 0 unspecified atom stereocenters. The number of hydrogen-bond donors (Lipinski definition) is 5. The van der Waals surface area contributed by atoms with Gasteiger partial charge in [-0.25, -0.2) is 0 Å². The molecule has 0 aliphatic heterocycles. The lowest BCUT2D eigenvalue weighted by molar-refractivity contribution is -0.148. The number of aliphatic hydroxyl groups excluding tert-OH is 2. The third-order valence-electron chi connectivity index (χ3n) is 9.43. The van der Waals surface area contributed by atoms with Gasteiger partial charge in [-0.3, -0.25) is 24.3 Å². The Kier molecular flexibility index (Phi) is 6.53. The number of carbonyl (C=O) groups excluding carboxylic acids is 3. The molecule has 3 aliphatic carbocycles. The number of allylic oxidation sites excluding steroid dienone is 1. The van der Waals surface area contributed by atoms with Crippen LogP contribution in [0.25, 0.3) is 22.0 Å². The number of nitrogens with two attached hydrogens (primary N) is 1. The van der Waals surface area contributed by atoms with Crippen LogP contribution in [0.1, 0.15) is 48.7 Å². The zero-order valence-electron chi connectivity index (χ0n) is 25.2. The molecule has 6 rings (SSSR count). The molecular formula is C34H35N3O7. The van der Waals surface area contributed by atoms with Crippen molar-refractivity contribution < 1.29 is 34.8 Å². The van der Waals surface area contributed by atoms with Crippen molar-refractivity contribution >= 4 is 28.4 Å². The molecule has 0 bridgehead atoms. The topological polar surface area (TPSA) is 174 Å². The summed E-state index contributed by atoms with van der Waals surface area (Å²) in [7, 11) is 3.20. The van der Waals surface area contributed by atoms with Gasteiger partial charge in [-0.2, -0.15) is 0 Å². The first-order valence-corrected chi connectivity index (χ1v) is 14.5. The number of phenols is 1. The summed E-state index contributed by atoms with van der Waals surface area (Å²) in [6.45, 7) is 5.72. The van der Waals surface area contributed by atoms with Crippen molar-refractivity contribution in [2.45, 2.75) is 50.7 Å². The number of ketones is 2. The quantitative estimate of drug-likeness (QED) is 0.282. The Morgan fingerprint density at radius 2 is 1.77 bits per heavy atom. The molecular weight excluding hydrogens is 562 g/mol. The van der Waals surface area contributed by atoms with Crippen LogP contribution in [0, 0.1) is 11.8 Å². The first kappa shape index (κ1) is 29.5. The number of nitrogens with zero attached hydrogens (tertiary/aromatic N) is 2. The first-order chi connectivity index (χ1) is 20.6. The summed E-state index contributed by atoms with van der Waals surface area (Å²) in [6.07, 6.45) is 1.93. The molecule has 0 saturated carbocycles. The molecule has 1 heterocycles. The van der Waals surface area contributed by atoms with Crippen LogP contribution < -0.4 is 5.73 Å². The van der Waals surface area contributed by atoms with Gasteiger partial charge in [0.05, 0.1) is 17.1 Å². The molecule has 6 N–H and O–H groups in total. The Labute approximate surface area is 254 Å². The number of fused-ring (bicyclic) bond motifs is 4. The van der Waals surface area contributed by atoms with E-state index in [0.717, 1.165) is 16.5 Å². The first-order valence-electron chi connectivity index (χ1n) is 14.5. The highest BCUT2D eigenvalue weighted by atomic mass is 16.3. The van der Waals surface area contributed by atoms with Gasteiger partial charge in [-0.1, -0.05) is 39.0 Å². The Balaban J connectivity index is 1.61. The van der Waals surface area contributed by atoms with Crippen molar-refractivity contribution in [3.8, 4) is 16.9 Å². The minimum absolute atomic E-state index is 0.0126. The van der Waals surface area contributed by atoms with Crippen LogP contribution in [0.3, 0.4) is 0 Å². The minimum Gasteiger partial charge on any atom is -0.510 e. The van der Waals surface area contributed by atoms with Gasteiger partial charge in [0.1, 0.15) is 22.8 Å². The summed E-state index contributed by atoms with van der Waals surface area (Å²) in [5.74, 6) is -6.72. The highest BCUT2D eigenvalue weighted by Crippen LogP contribution is 2.54. The SMILES string of the molecule is CN(C)[C@H]1C(O)=C(C(N)=O)C(=O)[C@]2(O)C(O)=C3C(=O)c4c(O)c(C(C)(C)C)cc(-c5cnc6ccccc6c5)c4C[C@@H]3C[C@H]12. The lowest BCUT2D eigenvalue weighted by atomic mass is 9.58. The van der Waals surface area contributed by atoms with Gasteiger partial charge in [-0.05, 0) is 67.6 Å². The second kappa shape index (κ2) is 9.73. The number of aromatic nitrogens is 1. The van der Waals surface area contributed by atoms with Crippen LogP contribution in [0.2, 0.25) is 0 Å². The standard InChI is InChI=1S/C34H35N3O7/c1-33(2,3)21-13-18(17-10-15-8-6-7-9-22(15)36-14-17)19-11-16-12-20-26(37(4)5)29(40)25(32(35)43)31(42)34(20,44)30(41)23(16)28(39)24(19)27(21)38/h6-10,13-14,16,20,26,38,40-41,44H,11-12H2,1-5H3,(H2,35,43)/t16-,20-,26-,34-/m1/s1. The average molecular weight is 598 g/mol. The van der Waals surface area contributed by atoms with E-state index in [1.165, 1.54) is 4.90 Å². The lowest BCUT2D eigenvalue weighted by Gasteiger charge is -2.50. The number of para-hydroxylation sites is 1. The molecule has 44 heavy (non-hydrogen) atoms. The van der Waals surface area contributed by atoms with Gasteiger partial charge >= 0.3 is 0 Å². The molecule has 10 heteroatoms. The average Bonchev–Trinajstić information content (AvgIpc) is 2.94. The number of benzene rings is 2. The van der Waals surface area contributed by atoms with E-state index in [1.807, 2.05) is 57.2 Å². The van der Waals surface area contributed by atoms with Crippen molar-refractivity contribution in [1.29, 1.82) is 0 Å². The number of rotatable bonds is 3. The molecule has 4 atom stereocenters. The monoisotopic (exact) mass is 597 g/mol. The number of likely N-dealkylation sites (N-methyl/N-ethyl adjacent to an activating group) is 1. The molecule has 0 fully saturated rings. The third-order valence-corrected chi connectivity index (χ3v) is 9.43. The summed E-state index contributed by atoms with van der Waals surface area (Å²) in [6, 6.07) is 10.4. The Morgan fingerprint density at radius 3 is 2.41 bits per heavy atom. The number of hydrogen-bond acceptors (Lipinski definition) is 9. The number of Topliss-reactive ketones (excluding diaryl/α,β-unsaturated/α-hetero) is 2. The van der Waals surface area contributed by atoms with Crippen LogP contribution in [0.4, 0.5) is 0 Å². The molecule has 3 aliphatic rings. The maximum Gasteiger partial charge on any atom is 0.255 e. The van der Waals surface area contributed by atoms with E-state index in [4.69, 9.17) is 5.73 Å². The van der Waals surface area contributed by atoms with E-state index < -0.39 is 63.5 Å². The van der Waals surface area contributed by atoms with Crippen LogP contribution in [0.15, 0.2) is 65.3 Å². The molecule has 228 valence electrons. The zero-order valence-corrected chi connectivity index (χ0v) is 25.2. The Morgan fingerprint density at radius 1 is 1.09 bits per heavy atom. The largest absolute Gasteiger partial charge is 0.510 e. The van der Waals surface area contributed by atoms with Crippen molar-refractivity contribution in [2.75, 3.05) is 14.1 Å². The summed E-state index contributed by atoms with van der Waals surface area (Å²) in [5.41, 5.74) is 4.45. The van der Waals surface area contributed by atoms with Crippen LogP contribution >= 0.6 is 0 Å². The maximum atomic E-state index is 14.4. The van der Waals surface area contributed by atoms with Crippen molar-refractivity contribution in [3.63, 3.8) is 0 Å². The number of pyridine rings is 1. The van der Waals surface area contributed by atoms with Gasteiger partial charge in [-0.15, -0.1) is 0 Å². The molecule has 1 amide bonds. The number of carbonyl (C=O) groups is 3. The summed E-state index contributed by atoms with van der Waals surface area (Å²) >= 11 is 0. The fraction of sp³-hybridized carbons (Fsp3) is 0.353. The number of primary amides is 1. The summed E-state index contributed by atoms with van der Waals surface area (Å²) in [5, 5.41) is 47.1. The fourth-order valence-corrected chi connectivity index (χ4v) is 7.37. The van der Waals surface area contributed by atoms with E-state index in [9.17, 15) is 34.8 Å². The summed E-state index contributed by atoms with van der Waals surface area (Å²) < 4.78 is 0. The predicted octanol–water partition coefficient (Wildman–Crippen LogP) is 3.63. The van der Waals surface area contributed by atoms with Crippen LogP contribution in [0.5, 0.6) is 5.75 Å². The molecule has 2 aromatic carbocycles. The molecule has 3 aromatic rings. The molecule has 0 saturated heterocycles. The van der Waals surface area contributed by atoms with E-state index in [2.05, 4.69) is 4.98 Å². The lowest BCUT2D eigenvalue weighted by Crippen LogP contribution is -2.63. The highest BCUT2D eigenvalue weighted by Gasteiger charge is 2.63. The van der Waals surface area contributed by atoms with E-state index in [0.29, 0.717) is 16.7 Å². The third kappa shape index (κ3) is 4.01. The van der Waals surface area contributed by atoms with E-state index >= 15 is 0 Å². The normalized spacial score (nSPS) is 25.3. The summed E-state index contributed by atoms with van der Waals surface area (Å²) in [4.78, 5) is 46.4. The smallest absolute Gasteiger partial charge is 0.255 e. The number of amides is 1. The molecule has 10 nitrogen and oxygen atoms in total. The highest BCUT2D eigenvalue weighted by molar-refractivity contribution is 6.25. The number of aromatic hydroxyl groups is 1. The number of phenolic OH excluding ortho intramolecular Hbond substituents is 1. The Hall–Kier alpha value is -4.54. The maximum absolute atomic E-state index is 14.4. The fourth-order valence-electron chi connectivity index (χ4n) is 7.37. The van der Waals surface area contributed by atoms with Crippen molar-refractivity contribution in [2.24, 2.45) is 17.6 Å². The van der Waals surface area contributed by atoms with E-state index in [1.54, 1.807) is 20.3 Å². The van der Waals surface area contributed by atoms with Crippen molar-refractivity contribution in [1.82, 2.24) is 9.88 Å². The minimum atomic E-state index is -2.69. The predicted molar refractivity (Wildman–Crippen MR) is 163 cm³/mol.